The number of hydrogen-bond donors (Lipinski definition) is 0. The standard InChI is InChI=1S/C22H27NO4S/c1-28(25,26)27-17-15-22(13-12-19-8-4-2-5-9-19)14-16-23(21(22)24)18-20-10-6-3-7-11-20/h2-11H,12-18H2,1H3. The zero-order chi connectivity index (χ0) is 20.0. The lowest BCUT2D eigenvalue weighted by Gasteiger charge is -2.28. The number of likely N-dealkylation sites (tertiary alicyclic amines) is 1. The summed E-state index contributed by atoms with van der Waals surface area (Å²) in [6.45, 7) is 1.31. The van der Waals surface area contributed by atoms with E-state index in [1.165, 1.54) is 5.56 Å². The quantitative estimate of drug-likeness (QED) is 0.604. The predicted octanol–water partition coefficient (Wildman–Crippen LogP) is 3.40. The van der Waals surface area contributed by atoms with Crippen LogP contribution in [-0.2, 0) is 32.1 Å². The van der Waals surface area contributed by atoms with Gasteiger partial charge in [0.25, 0.3) is 10.1 Å². The van der Waals surface area contributed by atoms with Gasteiger partial charge >= 0.3 is 0 Å². The van der Waals surface area contributed by atoms with Crippen molar-refractivity contribution >= 4 is 16.0 Å². The van der Waals surface area contributed by atoms with Gasteiger partial charge in [0.15, 0.2) is 0 Å². The molecular formula is C22H27NO4S. The van der Waals surface area contributed by atoms with Crippen molar-refractivity contribution in [1.29, 1.82) is 0 Å². The van der Waals surface area contributed by atoms with E-state index in [2.05, 4.69) is 12.1 Å². The first-order valence-corrected chi connectivity index (χ1v) is 11.4. The molecule has 1 fully saturated rings. The molecule has 5 nitrogen and oxygen atoms in total. The molecule has 1 atom stereocenters. The highest BCUT2D eigenvalue weighted by Crippen LogP contribution is 2.40. The topological polar surface area (TPSA) is 63.7 Å². The molecule has 0 bridgehead atoms. The monoisotopic (exact) mass is 401 g/mol. The summed E-state index contributed by atoms with van der Waals surface area (Å²) in [6.07, 6.45) is 3.65. The Balaban J connectivity index is 1.72. The summed E-state index contributed by atoms with van der Waals surface area (Å²) in [5.41, 5.74) is 1.71. The molecule has 6 heteroatoms. The van der Waals surface area contributed by atoms with Crippen molar-refractivity contribution < 1.29 is 17.4 Å². The molecule has 28 heavy (non-hydrogen) atoms. The van der Waals surface area contributed by atoms with Crippen molar-refractivity contribution in [2.24, 2.45) is 5.41 Å². The summed E-state index contributed by atoms with van der Waals surface area (Å²) in [6, 6.07) is 20.0. The summed E-state index contributed by atoms with van der Waals surface area (Å²) in [5, 5.41) is 0. The van der Waals surface area contributed by atoms with Crippen LogP contribution in [0, 0.1) is 5.41 Å². The Morgan fingerprint density at radius 3 is 2.18 bits per heavy atom. The van der Waals surface area contributed by atoms with Gasteiger partial charge in [-0.05, 0) is 36.8 Å². The van der Waals surface area contributed by atoms with Crippen molar-refractivity contribution in [3.63, 3.8) is 0 Å². The SMILES string of the molecule is CS(=O)(=O)OCCC1(CCc2ccccc2)CCN(Cc2ccccc2)C1=O. The largest absolute Gasteiger partial charge is 0.338 e. The Labute approximate surface area is 167 Å². The summed E-state index contributed by atoms with van der Waals surface area (Å²) >= 11 is 0. The highest BCUT2D eigenvalue weighted by Gasteiger charge is 2.45. The number of aryl methyl sites for hydroxylation is 1. The molecule has 0 aromatic heterocycles. The van der Waals surface area contributed by atoms with E-state index in [-0.39, 0.29) is 12.5 Å². The number of rotatable bonds is 9. The Hall–Kier alpha value is -2.18. The third-order valence-corrected chi connectivity index (χ3v) is 6.03. The van der Waals surface area contributed by atoms with E-state index in [1.807, 2.05) is 53.4 Å². The minimum absolute atomic E-state index is 0.0402. The first-order chi connectivity index (χ1) is 13.4. The minimum atomic E-state index is -3.51. The van der Waals surface area contributed by atoms with Crippen molar-refractivity contribution in [3.05, 3.63) is 71.8 Å². The third-order valence-electron chi connectivity index (χ3n) is 5.43. The fraction of sp³-hybridized carbons (Fsp3) is 0.409. The Morgan fingerprint density at radius 2 is 1.57 bits per heavy atom. The summed E-state index contributed by atoms with van der Waals surface area (Å²) < 4.78 is 27.7. The van der Waals surface area contributed by atoms with E-state index in [4.69, 9.17) is 4.18 Å². The summed E-state index contributed by atoms with van der Waals surface area (Å²) in [4.78, 5) is 15.2. The fourth-order valence-electron chi connectivity index (χ4n) is 3.85. The van der Waals surface area contributed by atoms with Crippen LogP contribution in [0.4, 0.5) is 0 Å². The van der Waals surface area contributed by atoms with Crippen LogP contribution >= 0.6 is 0 Å². The van der Waals surface area contributed by atoms with Gasteiger partial charge in [0, 0.05) is 13.1 Å². The summed E-state index contributed by atoms with van der Waals surface area (Å²) in [7, 11) is -3.51. The van der Waals surface area contributed by atoms with Gasteiger partial charge < -0.3 is 4.90 Å². The second-order valence-corrected chi connectivity index (χ2v) is 9.15. The number of hydrogen-bond acceptors (Lipinski definition) is 4. The molecule has 2 aromatic rings. The molecule has 0 N–H and O–H groups in total. The van der Waals surface area contributed by atoms with Crippen molar-refractivity contribution in [2.45, 2.75) is 32.2 Å². The maximum absolute atomic E-state index is 13.3. The van der Waals surface area contributed by atoms with Crippen LogP contribution in [0.3, 0.4) is 0 Å². The van der Waals surface area contributed by atoms with Crippen LogP contribution < -0.4 is 0 Å². The number of amides is 1. The van der Waals surface area contributed by atoms with E-state index >= 15 is 0 Å². The lowest BCUT2D eigenvalue weighted by Crippen LogP contribution is -2.36. The number of nitrogens with zero attached hydrogens (tertiary/aromatic N) is 1. The first-order valence-electron chi connectivity index (χ1n) is 9.60. The normalized spacial score (nSPS) is 19.9. The molecular weight excluding hydrogens is 374 g/mol. The lowest BCUT2D eigenvalue weighted by atomic mass is 9.78. The molecule has 0 radical (unpaired) electrons. The molecule has 0 spiro atoms. The molecule has 3 rings (SSSR count). The Morgan fingerprint density at radius 1 is 0.964 bits per heavy atom. The van der Waals surface area contributed by atoms with Crippen LogP contribution in [0.2, 0.25) is 0 Å². The van der Waals surface area contributed by atoms with Crippen LogP contribution in [0.5, 0.6) is 0 Å². The molecule has 150 valence electrons. The van der Waals surface area contributed by atoms with Crippen LogP contribution in [-0.4, -0.2) is 38.6 Å². The molecule has 1 saturated heterocycles. The maximum Gasteiger partial charge on any atom is 0.264 e. The second-order valence-electron chi connectivity index (χ2n) is 7.50. The molecule has 1 aliphatic rings. The van der Waals surface area contributed by atoms with Crippen LogP contribution in [0.1, 0.15) is 30.4 Å². The zero-order valence-electron chi connectivity index (χ0n) is 16.2. The highest BCUT2D eigenvalue weighted by molar-refractivity contribution is 7.85. The first kappa shape index (κ1) is 20.6. The molecule has 1 amide bonds. The molecule has 1 aliphatic heterocycles. The van der Waals surface area contributed by atoms with Gasteiger partial charge in [-0.1, -0.05) is 60.7 Å². The highest BCUT2D eigenvalue weighted by atomic mass is 32.2. The number of carbonyl (C=O) groups is 1. The average molecular weight is 402 g/mol. The maximum atomic E-state index is 13.3. The molecule has 2 aromatic carbocycles. The summed E-state index contributed by atoms with van der Waals surface area (Å²) in [5.74, 6) is 0.101. The molecule has 1 heterocycles. The van der Waals surface area contributed by atoms with Crippen molar-refractivity contribution in [1.82, 2.24) is 4.90 Å². The lowest BCUT2D eigenvalue weighted by molar-refractivity contribution is -0.137. The second kappa shape index (κ2) is 8.88. The van der Waals surface area contributed by atoms with Gasteiger partial charge in [0.2, 0.25) is 5.91 Å². The van der Waals surface area contributed by atoms with Gasteiger partial charge in [-0.25, -0.2) is 0 Å². The Kier molecular flexibility index (Phi) is 6.52. The van der Waals surface area contributed by atoms with Crippen molar-refractivity contribution in [3.8, 4) is 0 Å². The molecule has 0 saturated carbocycles. The van der Waals surface area contributed by atoms with Crippen LogP contribution in [0.25, 0.3) is 0 Å². The number of benzene rings is 2. The molecule has 1 unspecified atom stereocenters. The fourth-order valence-corrected chi connectivity index (χ4v) is 4.24. The number of carbonyl (C=O) groups excluding carboxylic acids is 1. The average Bonchev–Trinajstić information content (AvgIpc) is 2.97. The van der Waals surface area contributed by atoms with Gasteiger partial charge in [-0.3, -0.25) is 8.98 Å². The van der Waals surface area contributed by atoms with Gasteiger partial charge in [0.05, 0.1) is 18.3 Å². The zero-order valence-corrected chi connectivity index (χ0v) is 17.0. The minimum Gasteiger partial charge on any atom is -0.338 e. The van der Waals surface area contributed by atoms with E-state index in [1.54, 1.807) is 0 Å². The van der Waals surface area contributed by atoms with E-state index in [9.17, 15) is 13.2 Å². The Bertz CT molecular complexity index is 883. The smallest absolute Gasteiger partial charge is 0.264 e. The van der Waals surface area contributed by atoms with Gasteiger partial charge in [-0.15, -0.1) is 0 Å². The third kappa shape index (κ3) is 5.42. The van der Waals surface area contributed by atoms with Gasteiger partial charge in [0.1, 0.15) is 0 Å². The van der Waals surface area contributed by atoms with E-state index in [0.717, 1.165) is 24.7 Å². The van der Waals surface area contributed by atoms with Crippen LogP contribution in [0.15, 0.2) is 60.7 Å². The molecule has 0 aliphatic carbocycles. The predicted molar refractivity (Wildman–Crippen MR) is 109 cm³/mol. The van der Waals surface area contributed by atoms with E-state index in [0.29, 0.717) is 25.9 Å². The van der Waals surface area contributed by atoms with Gasteiger partial charge in [-0.2, -0.15) is 8.42 Å². The van der Waals surface area contributed by atoms with Crippen molar-refractivity contribution in [2.75, 3.05) is 19.4 Å². The van der Waals surface area contributed by atoms with E-state index < -0.39 is 15.5 Å².